The molecule has 5 nitrogen and oxygen atoms in total. The molecular weight excluding hydrogens is 388 g/mol. The van der Waals surface area contributed by atoms with E-state index in [0.717, 1.165) is 32.5 Å². The molecule has 1 aliphatic rings. The molecule has 1 saturated heterocycles. The van der Waals surface area contributed by atoms with Crippen LogP contribution in [-0.4, -0.2) is 36.5 Å². The average molecular weight is 415 g/mol. The van der Waals surface area contributed by atoms with Crippen molar-refractivity contribution >= 4 is 29.2 Å². The number of nitrogens with zero attached hydrogens (tertiary/aromatic N) is 1. The van der Waals surface area contributed by atoms with Crippen molar-refractivity contribution in [3.05, 3.63) is 64.2 Å². The number of aryl methyl sites for hydroxylation is 1. The number of piperidine rings is 1. The second kappa shape index (κ2) is 9.90. The fourth-order valence-corrected chi connectivity index (χ4v) is 3.77. The maximum absolute atomic E-state index is 12.6. The van der Waals surface area contributed by atoms with Crippen LogP contribution in [-0.2, 0) is 16.1 Å². The van der Waals surface area contributed by atoms with Gasteiger partial charge in [-0.1, -0.05) is 41.4 Å². The predicted octanol–water partition coefficient (Wildman–Crippen LogP) is 4.68. The first kappa shape index (κ1) is 21.3. The number of rotatable bonds is 6. The number of esters is 1. The highest BCUT2D eigenvalue weighted by Gasteiger charge is 2.25. The van der Waals surface area contributed by atoms with E-state index in [0.29, 0.717) is 11.3 Å². The third-order valence-electron chi connectivity index (χ3n) is 5.22. The zero-order valence-electron chi connectivity index (χ0n) is 16.9. The molecule has 1 heterocycles. The van der Waals surface area contributed by atoms with E-state index in [1.54, 1.807) is 25.1 Å². The smallest absolute Gasteiger partial charge is 0.339 e. The number of hydrogen-bond donors (Lipinski definition) is 1. The summed E-state index contributed by atoms with van der Waals surface area (Å²) >= 11 is 6.18. The van der Waals surface area contributed by atoms with Gasteiger partial charge in [0.15, 0.2) is 0 Å². The molecule has 0 aromatic heterocycles. The summed E-state index contributed by atoms with van der Waals surface area (Å²) in [4.78, 5) is 26.9. The van der Waals surface area contributed by atoms with Crippen LogP contribution in [0.2, 0.25) is 5.02 Å². The zero-order valence-corrected chi connectivity index (χ0v) is 17.7. The molecule has 6 heteroatoms. The molecule has 2 aromatic rings. The fourth-order valence-electron chi connectivity index (χ4n) is 3.52. The quantitative estimate of drug-likeness (QED) is 0.697. The SMILES string of the molecule is CCOC(=O)c1ccc(NC(=O)C2CCN(Cc3ccc(C)cc3)CC2)cc1Cl. The molecule has 154 valence electrons. The van der Waals surface area contributed by atoms with E-state index >= 15 is 0 Å². The Labute approximate surface area is 177 Å². The van der Waals surface area contributed by atoms with Gasteiger partial charge in [0, 0.05) is 18.2 Å². The van der Waals surface area contributed by atoms with Crippen molar-refractivity contribution in [3.8, 4) is 0 Å². The van der Waals surface area contributed by atoms with E-state index in [9.17, 15) is 9.59 Å². The van der Waals surface area contributed by atoms with Crippen molar-refractivity contribution < 1.29 is 14.3 Å². The van der Waals surface area contributed by atoms with Gasteiger partial charge >= 0.3 is 5.97 Å². The monoisotopic (exact) mass is 414 g/mol. The highest BCUT2D eigenvalue weighted by atomic mass is 35.5. The first-order chi connectivity index (χ1) is 14.0. The van der Waals surface area contributed by atoms with Gasteiger partial charge in [0.1, 0.15) is 0 Å². The van der Waals surface area contributed by atoms with Crippen LogP contribution >= 0.6 is 11.6 Å². The molecule has 0 aliphatic carbocycles. The van der Waals surface area contributed by atoms with Crippen LogP contribution in [0.4, 0.5) is 5.69 Å². The number of halogens is 1. The fraction of sp³-hybridized carbons (Fsp3) is 0.391. The molecular formula is C23H27ClN2O3. The van der Waals surface area contributed by atoms with Gasteiger partial charge in [0.2, 0.25) is 5.91 Å². The lowest BCUT2D eigenvalue weighted by atomic mass is 9.95. The molecule has 1 N–H and O–H groups in total. The second-order valence-electron chi connectivity index (χ2n) is 7.44. The molecule has 3 rings (SSSR count). The van der Waals surface area contributed by atoms with E-state index in [4.69, 9.17) is 16.3 Å². The number of likely N-dealkylation sites (tertiary alicyclic amines) is 1. The van der Waals surface area contributed by atoms with Gasteiger partial charge in [-0.05, 0) is 63.5 Å². The van der Waals surface area contributed by atoms with E-state index in [2.05, 4.69) is 41.4 Å². The number of benzene rings is 2. The summed E-state index contributed by atoms with van der Waals surface area (Å²) in [6, 6.07) is 13.5. The molecule has 29 heavy (non-hydrogen) atoms. The van der Waals surface area contributed by atoms with Gasteiger partial charge in [0.05, 0.1) is 17.2 Å². The normalized spacial score (nSPS) is 15.1. The van der Waals surface area contributed by atoms with Crippen LogP contribution in [0.15, 0.2) is 42.5 Å². The maximum Gasteiger partial charge on any atom is 0.339 e. The highest BCUT2D eigenvalue weighted by molar-refractivity contribution is 6.34. The lowest BCUT2D eigenvalue weighted by Gasteiger charge is -2.31. The van der Waals surface area contributed by atoms with Gasteiger partial charge in [-0.25, -0.2) is 4.79 Å². The molecule has 1 amide bonds. The molecule has 0 unspecified atom stereocenters. The van der Waals surface area contributed by atoms with E-state index in [-0.39, 0.29) is 23.5 Å². The Hall–Kier alpha value is -2.37. The number of anilines is 1. The maximum atomic E-state index is 12.6. The van der Waals surface area contributed by atoms with Crippen molar-refractivity contribution in [3.63, 3.8) is 0 Å². The van der Waals surface area contributed by atoms with Crippen molar-refractivity contribution in [1.82, 2.24) is 4.90 Å². The van der Waals surface area contributed by atoms with Crippen LogP contribution in [0, 0.1) is 12.8 Å². The largest absolute Gasteiger partial charge is 0.462 e. The predicted molar refractivity (Wildman–Crippen MR) is 115 cm³/mol. The third-order valence-corrected chi connectivity index (χ3v) is 5.53. The Bertz CT molecular complexity index is 859. The van der Waals surface area contributed by atoms with Gasteiger partial charge in [0.25, 0.3) is 0 Å². The van der Waals surface area contributed by atoms with Gasteiger partial charge < -0.3 is 10.1 Å². The van der Waals surface area contributed by atoms with Crippen molar-refractivity contribution in [2.75, 3.05) is 25.0 Å². The lowest BCUT2D eigenvalue weighted by Crippen LogP contribution is -2.37. The van der Waals surface area contributed by atoms with Crippen molar-refractivity contribution in [2.24, 2.45) is 5.92 Å². The second-order valence-corrected chi connectivity index (χ2v) is 7.85. The number of hydrogen-bond acceptors (Lipinski definition) is 4. The number of carbonyl (C=O) groups excluding carboxylic acids is 2. The summed E-state index contributed by atoms with van der Waals surface area (Å²) < 4.78 is 4.97. The molecule has 0 spiro atoms. The number of nitrogens with one attached hydrogen (secondary N) is 1. The third kappa shape index (κ3) is 5.81. The summed E-state index contributed by atoms with van der Waals surface area (Å²) in [5, 5.41) is 3.20. The summed E-state index contributed by atoms with van der Waals surface area (Å²) in [6.07, 6.45) is 1.65. The summed E-state index contributed by atoms with van der Waals surface area (Å²) in [6.45, 7) is 6.83. The molecule has 1 fully saturated rings. The zero-order chi connectivity index (χ0) is 20.8. The molecule has 0 radical (unpaired) electrons. The van der Waals surface area contributed by atoms with Crippen molar-refractivity contribution in [1.29, 1.82) is 0 Å². The van der Waals surface area contributed by atoms with Crippen LogP contribution in [0.3, 0.4) is 0 Å². The average Bonchev–Trinajstić information content (AvgIpc) is 2.70. The Morgan fingerprint density at radius 3 is 2.45 bits per heavy atom. The standard InChI is InChI=1S/C23H27ClN2O3/c1-3-29-23(28)20-9-8-19(14-21(20)24)25-22(27)18-10-12-26(13-11-18)15-17-6-4-16(2)5-7-17/h4-9,14,18H,3,10-13,15H2,1-2H3,(H,25,27). The van der Waals surface area contributed by atoms with E-state index in [1.165, 1.54) is 11.1 Å². The lowest BCUT2D eigenvalue weighted by molar-refractivity contribution is -0.121. The molecule has 0 bridgehead atoms. The Morgan fingerprint density at radius 1 is 1.14 bits per heavy atom. The summed E-state index contributed by atoms with van der Waals surface area (Å²) in [5.74, 6) is -0.482. The first-order valence-corrected chi connectivity index (χ1v) is 10.4. The van der Waals surface area contributed by atoms with Crippen molar-refractivity contribution in [2.45, 2.75) is 33.2 Å². The molecule has 2 aromatic carbocycles. The molecule has 0 atom stereocenters. The molecule has 1 aliphatic heterocycles. The van der Waals surface area contributed by atoms with Crippen LogP contribution in [0.5, 0.6) is 0 Å². The minimum absolute atomic E-state index is 0.0000581. The van der Waals surface area contributed by atoms with Crippen LogP contribution in [0.1, 0.15) is 41.3 Å². The minimum Gasteiger partial charge on any atom is -0.462 e. The van der Waals surface area contributed by atoms with E-state index < -0.39 is 5.97 Å². The Kier molecular flexibility index (Phi) is 7.29. The minimum atomic E-state index is -0.462. The van der Waals surface area contributed by atoms with Gasteiger partial charge in [-0.2, -0.15) is 0 Å². The van der Waals surface area contributed by atoms with Gasteiger partial charge in [-0.15, -0.1) is 0 Å². The first-order valence-electron chi connectivity index (χ1n) is 10.0. The van der Waals surface area contributed by atoms with Crippen LogP contribution < -0.4 is 5.32 Å². The van der Waals surface area contributed by atoms with E-state index in [1.807, 2.05) is 0 Å². The molecule has 0 saturated carbocycles. The highest BCUT2D eigenvalue weighted by Crippen LogP contribution is 2.24. The topological polar surface area (TPSA) is 58.6 Å². The number of amides is 1. The van der Waals surface area contributed by atoms with Crippen LogP contribution in [0.25, 0.3) is 0 Å². The number of ether oxygens (including phenoxy) is 1. The van der Waals surface area contributed by atoms with Gasteiger partial charge in [-0.3, -0.25) is 9.69 Å². The Balaban J connectivity index is 1.51. The summed E-state index contributed by atoms with van der Waals surface area (Å²) in [7, 11) is 0. The number of carbonyl (C=O) groups is 2. The summed E-state index contributed by atoms with van der Waals surface area (Å²) in [5.41, 5.74) is 3.46. The Morgan fingerprint density at radius 2 is 1.83 bits per heavy atom.